The lowest BCUT2D eigenvalue weighted by atomic mass is 10.1. The van der Waals surface area contributed by atoms with E-state index in [1.54, 1.807) is 0 Å². The monoisotopic (exact) mass is 396 g/mol. The van der Waals surface area contributed by atoms with Gasteiger partial charge in [0.05, 0.1) is 19.6 Å². The van der Waals surface area contributed by atoms with Crippen molar-refractivity contribution in [3.05, 3.63) is 59.8 Å². The highest BCUT2D eigenvalue weighted by molar-refractivity contribution is 7.17. The number of methoxy groups -OCH3 is 2. The van der Waals surface area contributed by atoms with Crippen LogP contribution >= 0.6 is 8.69 Å². The zero-order valence-electron chi connectivity index (χ0n) is 16.2. The van der Waals surface area contributed by atoms with Gasteiger partial charge >= 0.3 is 8.69 Å². The van der Waals surface area contributed by atoms with Crippen LogP contribution in [0.3, 0.4) is 0 Å². The standard InChI is InChI=1S/C22H23NO4P/c1-4-12-23-13-11-17(18-7-5-6-8-19(18)23)10-9-16-14-20(25-2)22(27-28-24)21(15-16)26-3/h5-11,13-15H,4,12H2,1-3H3/q+1. The molecular weight excluding hydrogens is 373 g/mol. The minimum Gasteiger partial charge on any atom is -0.493 e. The fraction of sp³-hybridized carbons (Fsp3) is 0.227. The summed E-state index contributed by atoms with van der Waals surface area (Å²) in [5, 5.41) is 1.19. The van der Waals surface area contributed by atoms with Gasteiger partial charge in [-0.2, -0.15) is 4.57 Å². The highest BCUT2D eigenvalue weighted by Crippen LogP contribution is 2.40. The Morgan fingerprint density at radius 3 is 2.39 bits per heavy atom. The molecule has 0 saturated carbocycles. The molecule has 0 amide bonds. The van der Waals surface area contributed by atoms with Gasteiger partial charge in [-0.3, -0.25) is 0 Å². The maximum atomic E-state index is 10.9. The third-order valence-corrected chi connectivity index (χ3v) is 4.75. The van der Waals surface area contributed by atoms with Gasteiger partial charge in [0.2, 0.25) is 11.3 Å². The van der Waals surface area contributed by atoms with E-state index in [1.165, 1.54) is 25.1 Å². The topological polar surface area (TPSA) is 48.6 Å². The van der Waals surface area contributed by atoms with Crippen molar-refractivity contribution < 1.29 is 23.1 Å². The van der Waals surface area contributed by atoms with Crippen LogP contribution in [-0.4, -0.2) is 14.2 Å². The largest absolute Gasteiger partial charge is 0.493 e. The molecule has 3 aromatic rings. The average Bonchev–Trinajstić information content (AvgIpc) is 2.74. The van der Waals surface area contributed by atoms with Crippen LogP contribution in [0.25, 0.3) is 23.1 Å². The summed E-state index contributed by atoms with van der Waals surface area (Å²) < 4.78 is 28.9. The summed E-state index contributed by atoms with van der Waals surface area (Å²) in [6.45, 7) is 3.16. The average molecular weight is 396 g/mol. The first-order chi connectivity index (χ1) is 13.7. The highest BCUT2D eigenvalue weighted by Gasteiger charge is 2.14. The van der Waals surface area contributed by atoms with E-state index in [9.17, 15) is 4.57 Å². The smallest absolute Gasteiger partial charge is 0.396 e. The second kappa shape index (κ2) is 9.34. The molecule has 0 aliphatic heterocycles. The van der Waals surface area contributed by atoms with Gasteiger partial charge in [0.15, 0.2) is 17.7 Å². The Morgan fingerprint density at radius 2 is 1.75 bits per heavy atom. The molecule has 0 aliphatic rings. The molecule has 3 rings (SSSR count). The lowest BCUT2D eigenvalue weighted by Gasteiger charge is -2.11. The van der Waals surface area contributed by atoms with E-state index in [0.29, 0.717) is 17.2 Å². The maximum absolute atomic E-state index is 10.9. The van der Waals surface area contributed by atoms with E-state index in [-0.39, 0.29) is 0 Å². The van der Waals surface area contributed by atoms with Crippen LogP contribution in [0.5, 0.6) is 17.2 Å². The van der Waals surface area contributed by atoms with Crippen molar-refractivity contribution in [2.75, 3.05) is 14.2 Å². The highest BCUT2D eigenvalue weighted by atomic mass is 31.1. The van der Waals surface area contributed by atoms with Crippen LogP contribution in [0.4, 0.5) is 0 Å². The normalized spacial score (nSPS) is 11.2. The van der Waals surface area contributed by atoms with Gasteiger partial charge in [-0.15, -0.1) is 0 Å². The van der Waals surface area contributed by atoms with E-state index in [0.717, 1.165) is 24.1 Å². The first-order valence-electron chi connectivity index (χ1n) is 9.06. The number of hydrogen-bond acceptors (Lipinski definition) is 4. The number of ether oxygens (including phenoxy) is 2. The number of aryl methyl sites for hydroxylation is 1. The number of fused-ring (bicyclic) bond motifs is 1. The summed E-state index contributed by atoms with van der Waals surface area (Å²) in [7, 11) is 2.61. The second-order valence-electron chi connectivity index (χ2n) is 6.24. The molecule has 1 aromatic heterocycles. The van der Waals surface area contributed by atoms with Gasteiger partial charge in [-0.25, -0.2) is 4.57 Å². The molecule has 0 spiro atoms. The number of para-hydroxylation sites is 1. The summed E-state index contributed by atoms with van der Waals surface area (Å²) in [5.74, 6) is 1.23. The number of aromatic nitrogens is 1. The third kappa shape index (κ3) is 4.15. The summed E-state index contributed by atoms with van der Waals surface area (Å²) >= 11 is 0. The van der Waals surface area contributed by atoms with Gasteiger partial charge in [-0.1, -0.05) is 31.2 Å². The number of benzene rings is 2. The Balaban J connectivity index is 2.02. The van der Waals surface area contributed by atoms with Crippen molar-refractivity contribution in [3.8, 4) is 17.2 Å². The van der Waals surface area contributed by atoms with Crippen LogP contribution in [0.15, 0.2) is 48.7 Å². The molecule has 0 atom stereocenters. The molecule has 6 heteroatoms. The molecule has 0 aliphatic carbocycles. The number of hydrogen-bond donors (Lipinski definition) is 0. The van der Waals surface area contributed by atoms with Crippen LogP contribution in [0, 0.1) is 0 Å². The van der Waals surface area contributed by atoms with E-state index in [1.807, 2.05) is 18.2 Å². The summed E-state index contributed by atoms with van der Waals surface area (Å²) in [6, 6.07) is 14.2. The first kappa shape index (κ1) is 19.8. The second-order valence-corrected chi connectivity index (χ2v) is 6.57. The SMILES string of the molecule is CCC[n+]1ccc(C=Cc2cc(OC)c(OP=O)c(OC)c2)c2ccccc21. The molecule has 28 heavy (non-hydrogen) atoms. The molecule has 0 bridgehead atoms. The van der Waals surface area contributed by atoms with Crippen molar-refractivity contribution in [2.45, 2.75) is 19.9 Å². The van der Waals surface area contributed by atoms with Crippen molar-refractivity contribution in [1.29, 1.82) is 0 Å². The molecule has 2 aromatic carbocycles. The van der Waals surface area contributed by atoms with Crippen molar-refractivity contribution >= 4 is 31.7 Å². The Morgan fingerprint density at radius 1 is 1.04 bits per heavy atom. The number of nitrogens with zero attached hydrogens (tertiary/aromatic N) is 1. The third-order valence-electron chi connectivity index (χ3n) is 4.49. The van der Waals surface area contributed by atoms with E-state index in [4.69, 9.17) is 14.0 Å². The van der Waals surface area contributed by atoms with E-state index >= 15 is 0 Å². The Hall–Kier alpha value is -2.91. The maximum Gasteiger partial charge on any atom is 0.396 e. The number of pyridine rings is 1. The molecule has 1 heterocycles. The molecule has 0 unspecified atom stereocenters. The van der Waals surface area contributed by atoms with Crippen LogP contribution in [0.2, 0.25) is 0 Å². The summed E-state index contributed by atoms with van der Waals surface area (Å²) in [5.41, 5.74) is 3.22. The van der Waals surface area contributed by atoms with Crippen LogP contribution in [-0.2, 0) is 11.1 Å². The van der Waals surface area contributed by atoms with Gasteiger partial charge in [-0.05, 0) is 29.3 Å². The fourth-order valence-electron chi connectivity index (χ4n) is 3.20. The van der Waals surface area contributed by atoms with Gasteiger partial charge in [0.1, 0.15) is 6.54 Å². The van der Waals surface area contributed by atoms with Crippen molar-refractivity contribution in [3.63, 3.8) is 0 Å². The Bertz CT molecular complexity index is 992. The predicted molar refractivity (Wildman–Crippen MR) is 111 cm³/mol. The van der Waals surface area contributed by atoms with E-state index in [2.05, 4.69) is 54.1 Å². The molecule has 144 valence electrons. The summed E-state index contributed by atoms with van der Waals surface area (Å²) in [6.07, 6.45) is 7.27. The van der Waals surface area contributed by atoms with Crippen molar-refractivity contribution in [2.24, 2.45) is 0 Å². The lowest BCUT2D eigenvalue weighted by Crippen LogP contribution is -2.33. The van der Waals surface area contributed by atoms with Gasteiger partial charge in [0.25, 0.3) is 0 Å². The van der Waals surface area contributed by atoms with Gasteiger partial charge < -0.3 is 14.0 Å². The minimum absolute atomic E-state index is 0.310. The molecule has 0 radical (unpaired) electrons. The summed E-state index contributed by atoms with van der Waals surface area (Å²) in [4.78, 5) is 0. The molecule has 0 fully saturated rings. The number of rotatable bonds is 8. The van der Waals surface area contributed by atoms with Gasteiger partial charge in [0, 0.05) is 18.6 Å². The lowest BCUT2D eigenvalue weighted by molar-refractivity contribution is -0.671. The Labute approximate surface area is 166 Å². The fourth-order valence-corrected chi connectivity index (χ4v) is 3.45. The van der Waals surface area contributed by atoms with Crippen molar-refractivity contribution in [1.82, 2.24) is 0 Å². The predicted octanol–water partition coefficient (Wildman–Crippen LogP) is 5.31. The van der Waals surface area contributed by atoms with E-state index < -0.39 is 8.69 Å². The molecular formula is C22H23NO4P+. The minimum atomic E-state index is -0.464. The van der Waals surface area contributed by atoms with Crippen LogP contribution < -0.4 is 18.6 Å². The first-order valence-corrected chi connectivity index (χ1v) is 9.79. The molecule has 0 N–H and O–H groups in total. The molecule has 0 saturated heterocycles. The quantitative estimate of drug-likeness (QED) is 0.382. The zero-order valence-corrected chi connectivity index (χ0v) is 17.1. The Kier molecular flexibility index (Phi) is 6.62. The molecule has 5 nitrogen and oxygen atoms in total. The zero-order chi connectivity index (χ0) is 19.9. The van der Waals surface area contributed by atoms with Crippen LogP contribution in [0.1, 0.15) is 24.5 Å².